The highest BCUT2D eigenvalue weighted by Crippen LogP contribution is 2.35. The van der Waals surface area contributed by atoms with Crippen LogP contribution in [-0.4, -0.2) is 28.3 Å². The van der Waals surface area contributed by atoms with Gasteiger partial charge in [-0.3, -0.25) is 4.79 Å². The van der Waals surface area contributed by atoms with Gasteiger partial charge >= 0.3 is 5.97 Å². The fourth-order valence-electron chi connectivity index (χ4n) is 2.37. The molecule has 1 unspecified atom stereocenters. The van der Waals surface area contributed by atoms with E-state index in [2.05, 4.69) is 0 Å². The lowest BCUT2D eigenvalue weighted by Crippen LogP contribution is -2.31. The average Bonchev–Trinajstić information content (AvgIpc) is 2.59. The Bertz CT molecular complexity index is 212. The lowest BCUT2D eigenvalue weighted by Gasteiger charge is -2.25. The van der Waals surface area contributed by atoms with Crippen molar-refractivity contribution < 1.29 is 15.0 Å². The van der Waals surface area contributed by atoms with Crippen molar-refractivity contribution in [1.82, 2.24) is 0 Å². The lowest BCUT2D eigenvalue weighted by atomic mass is 9.86. The van der Waals surface area contributed by atoms with Crippen LogP contribution in [0.15, 0.2) is 0 Å². The van der Waals surface area contributed by atoms with E-state index < -0.39 is 17.5 Å². The molecule has 0 spiro atoms. The molecule has 0 saturated heterocycles. The average molecular weight is 215 g/mol. The number of aliphatic carboxylic acids is 1. The van der Waals surface area contributed by atoms with Gasteiger partial charge in [0, 0.05) is 0 Å². The molecule has 0 bridgehead atoms. The summed E-state index contributed by atoms with van der Waals surface area (Å²) in [6.07, 6.45) is 5.21. The summed E-state index contributed by atoms with van der Waals surface area (Å²) in [6.45, 7) is 0.516. The van der Waals surface area contributed by atoms with Gasteiger partial charge in [-0.15, -0.1) is 0 Å². The van der Waals surface area contributed by atoms with Crippen LogP contribution in [-0.2, 0) is 4.79 Å². The summed E-state index contributed by atoms with van der Waals surface area (Å²) < 4.78 is 0. The summed E-state index contributed by atoms with van der Waals surface area (Å²) in [5, 5.41) is 19.1. The molecule has 1 aliphatic rings. The van der Waals surface area contributed by atoms with Crippen LogP contribution in [0.3, 0.4) is 0 Å². The predicted octanol–water partition coefficient (Wildman–Crippen LogP) is 1.12. The predicted molar refractivity (Wildman–Crippen MR) is 57.4 cm³/mol. The van der Waals surface area contributed by atoms with Crippen molar-refractivity contribution in [2.24, 2.45) is 11.7 Å². The van der Waals surface area contributed by atoms with Gasteiger partial charge in [0.2, 0.25) is 0 Å². The molecule has 4 nitrogen and oxygen atoms in total. The maximum absolute atomic E-state index is 11.0. The third kappa shape index (κ3) is 3.80. The Morgan fingerprint density at radius 1 is 1.40 bits per heavy atom. The first-order chi connectivity index (χ1) is 7.07. The van der Waals surface area contributed by atoms with Crippen LogP contribution >= 0.6 is 0 Å². The first-order valence-corrected chi connectivity index (χ1v) is 5.73. The van der Waals surface area contributed by atoms with Gasteiger partial charge in [0.05, 0.1) is 11.5 Å². The molecule has 0 amide bonds. The SMILES string of the molecule is NCCCC(CC1(O)CCCC1)C(=O)O. The minimum absolute atomic E-state index is 0.391. The van der Waals surface area contributed by atoms with Crippen LogP contribution in [0.2, 0.25) is 0 Å². The number of carbonyl (C=O) groups is 1. The van der Waals surface area contributed by atoms with Crippen molar-refractivity contribution in [3.05, 3.63) is 0 Å². The summed E-state index contributed by atoms with van der Waals surface area (Å²) in [5.41, 5.74) is 4.64. The summed E-state index contributed by atoms with van der Waals surface area (Å²) in [6, 6.07) is 0. The zero-order valence-corrected chi connectivity index (χ0v) is 9.11. The standard InChI is InChI=1S/C11H21NO3/c12-7-3-4-9(10(13)14)8-11(15)5-1-2-6-11/h9,15H,1-8,12H2,(H,13,14). The minimum Gasteiger partial charge on any atom is -0.481 e. The zero-order chi connectivity index (χ0) is 11.3. The van der Waals surface area contributed by atoms with Crippen molar-refractivity contribution in [2.45, 2.75) is 50.5 Å². The van der Waals surface area contributed by atoms with Crippen LogP contribution in [0.1, 0.15) is 44.9 Å². The van der Waals surface area contributed by atoms with Gasteiger partial charge in [-0.25, -0.2) is 0 Å². The topological polar surface area (TPSA) is 83.5 Å². The Balaban J connectivity index is 2.46. The second-order valence-corrected chi connectivity index (χ2v) is 4.60. The molecule has 15 heavy (non-hydrogen) atoms. The molecule has 1 rings (SSSR count). The molecule has 0 aromatic rings. The Morgan fingerprint density at radius 3 is 2.47 bits per heavy atom. The second kappa shape index (κ2) is 5.47. The van der Waals surface area contributed by atoms with Gasteiger partial charge in [0.25, 0.3) is 0 Å². The third-order valence-electron chi connectivity index (χ3n) is 3.27. The Labute approximate surface area is 90.5 Å². The maximum Gasteiger partial charge on any atom is 0.306 e. The van der Waals surface area contributed by atoms with Crippen LogP contribution in [0.25, 0.3) is 0 Å². The van der Waals surface area contributed by atoms with E-state index in [0.717, 1.165) is 25.7 Å². The van der Waals surface area contributed by atoms with E-state index in [4.69, 9.17) is 10.8 Å². The number of nitrogens with two attached hydrogens (primary N) is 1. The number of hydrogen-bond donors (Lipinski definition) is 3. The monoisotopic (exact) mass is 215 g/mol. The Morgan fingerprint density at radius 2 is 2.00 bits per heavy atom. The Hall–Kier alpha value is -0.610. The van der Waals surface area contributed by atoms with Crippen molar-refractivity contribution in [3.8, 4) is 0 Å². The lowest BCUT2D eigenvalue weighted by molar-refractivity contribution is -0.144. The van der Waals surface area contributed by atoms with Gasteiger partial charge in [0.1, 0.15) is 0 Å². The molecule has 88 valence electrons. The van der Waals surface area contributed by atoms with Crippen molar-refractivity contribution >= 4 is 5.97 Å². The van der Waals surface area contributed by atoms with E-state index in [1.165, 1.54) is 0 Å². The van der Waals surface area contributed by atoms with Gasteiger partial charge in [-0.1, -0.05) is 12.8 Å². The molecule has 1 atom stereocenters. The van der Waals surface area contributed by atoms with Gasteiger partial charge in [-0.2, -0.15) is 0 Å². The third-order valence-corrected chi connectivity index (χ3v) is 3.27. The van der Waals surface area contributed by atoms with E-state index >= 15 is 0 Å². The molecule has 1 fully saturated rings. The van der Waals surface area contributed by atoms with E-state index in [0.29, 0.717) is 25.8 Å². The van der Waals surface area contributed by atoms with Crippen molar-refractivity contribution in [1.29, 1.82) is 0 Å². The zero-order valence-electron chi connectivity index (χ0n) is 9.11. The minimum atomic E-state index is -0.802. The van der Waals surface area contributed by atoms with Gasteiger partial charge < -0.3 is 15.9 Å². The van der Waals surface area contributed by atoms with Crippen LogP contribution in [0, 0.1) is 5.92 Å². The molecule has 0 radical (unpaired) electrons. The highest BCUT2D eigenvalue weighted by Gasteiger charge is 2.35. The van der Waals surface area contributed by atoms with Crippen LogP contribution in [0.4, 0.5) is 0 Å². The highest BCUT2D eigenvalue weighted by molar-refractivity contribution is 5.70. The molecule has 4 N–H and O–H groups in total. The van der Waals surface area contributed by atoms with Crippen molar-refractivity contribution in [3.63, 3.8) is 0 Å². The molecule has 1 aliphatic carbocycles. The molecule has 0 aromatic heterocycles. The summed E-state index contributed by atoms with van der Waals surface area (Å²) >= 11 is 0. The molecular weight excluding hydrogens is 194 g/mol. The van der Waals surface area contributed by atoms with E-state index in [1.807, 2.05) is 0 Å². The number of aliphatic hydroxyl groups is 1. The van der Waals surface area contributed by atoms with Crippen LogP contribution < -0.4 is 5.73 Å². The Kier molecular flexibility index (Phi) is 4.54. The summed E-state index contributed by atoms with van der Waals surface area (Å²) in [4.78, 5) is 11.0. The molecule has 1 saturated carbocycles. The molecule has 0 heterocycles. The van der Waals surface area contributed by atoms with E-state index in [9.17, 15) is 9.90 Å². The van der Waals surface area contributed by atoms with E-state index in [1.54, 1.807) is 0 Å². The molecule has 0 aliphatic heterocycles. The molecular formula is C11H21NO3. The first kappa shape index (κ1) is 12.5. The fourth-order valence-corrected chi connectivity index (χ4v) is 2.37. The maximum atomic E-state index is 11.0. The normalized spacial score (nSPS) is 21.5. The number of hydrogen-bond acceptors (Lipinski definition) is 3. The first-order valence-electron chi connectivity index (χ1n) is 5.73. The van der Waals surface area contributed by atoms with E-state index in [-0.39, 0.29) is 0 Å². The van der Waals surface area contributed by atoms with Gasteiger partial charge in [-0.05, 0) is 38.6 Å². The quantitative estimate of drug-likeness (QED) is 0.620. The highest BCUT2D eigenvalue weighted by atomic mass is 16.4. The fraction of sp³-hybridized carbons (Fsp3) is 0.909. The van der Waals surface area contributed by atoms with Crippen molar-refractivity contribution in [2.75, 3.05) is 6.54 Å². The second-order valence-electron chi connectivity index (χ2n) is 4.60. The number of carboxylic acid groups (broad SMARTS) is 1. The largest absolute Gasteiger partial charge is 0.481 e. The smallest absolute Gasteiger partial charge is 0.306 e. The van der Waals surface area contributed by atoms with Gasteiger partial charge in [0.15, 0.2) is 0 Å². The van der Waals surface area contributed by atoms with Crippen LogP contribution in [0.5, 0.6) is 0 Å². The molecule has 4 heteroatoms. The molecule has 0 aromatic carbocycles. The number of carboxylic acids is 1. The number of rotatable bonds is 6. The summed E-state index contributed by atoms with van der Waals surface area (Å²) in [5.74, 6) is -1.24. The summed E-state index contributed by atoms with van der Waals surface area (Å²) in [7, 11) is 0.